The van der Waals surface area contributed by atoms with E-state index in [4.69, 9.17) is 0 Å². The maximum atomic E-state index is 11.6. The largest absolute Gasteiger partial charge is 0.390 e. The number of hydrogen-bond donors (Lipinski definition) is 2. The fraction of sp³-hybridized carbons (Fsp3) is 0.974. The van der Waals surface area contributed by atoms with Gasteiger partial charge in [0, 0.05) is 0 Å². The summed E-state index contributed by atoms with van der Waals surface area (Å²) in [6, 6.07) is 0. The molecular weight excluding hydrogens is 516 g/mol. The van der Waals surface area contributed by atoms with Crippen molar-refractivity contribution < 1.29 is 15.0 Å². The predicted octanol–water partition coefficient (Wildman–Crippen LogP) is 12.6. The van der Waals surface area contributed by atoms with Gasteiger partial charge >= 0.3 is 0 Å². The molecule has 3 nitrogen and oxygen atoms in total. The maximum Gasteiger partial charge on any atom is 0.154 e. The summed E-state index contributed by atoms with van der Waals surface area (Å²) in [4.78, 5) is 11.6. The van der Waals surface area contributed by atoms with Crippen molar-refractivity contribution in [3.05, 3.63) is 0 Å². The molecule has 0 bridgehead atoms. The molecule has 0 rings (SSSR count). The molecular formula is C39H78O3. The molecule has 0 aliphatic rings. The highest BCUT2D eigenvalue weighted by molar-refractivity contribution is 5.63. The smallest absolute Gasteiger partial charge is 0.154 e. The number of carbonyl (C=O) groups is 1. The summed E-state index contributed by atoms with van der Waals surface area (Å²) in [5.74, 6) is 0. The van der Waals surface area contributed by atoms with Crippen LogP contribution in [0.3, 0.4) is 0 Å². The second-order valence-electron chi connectivity index (χ2n) is 13.8. The molecule has 0 aromatic rings. The third-order valence-corrected chi connectivity index (χ3v) is 9.54. The van der Waals surface area contributed by atoms with Crippen LogP contribution in [0.25, 0.3) is 0 Å². The van der Waals surface area contributed by atoms with Crippen molar-refractivity contribution in [1.82, 2.24) is 0 Å². The van der Waals surface area contributed by atoms with Gasteiger partial charge in [-0.05, 0) is 12.8 Å². The van der Waals surface area contributed by atoms with Gasteiger partial charge in [0.05, 0.1) is 6.10 Å². The number of unbranched alkanes of at least 4 members (excludes halogenated alkanes) is 30. The Hall–Kier alpha value is -0.410. The van der Waals surface area contributed by atoms with E-state index in [-0.39, 0.29) is 0 Å². The first-order chi connectivity index (χ1) is 20.6. The lowest BCUT2D eigenvalue weighted by atomic mass is 9.88. The Kier molecular flexibility index (Phi) is 33.2. The molecule has 0 saturated carbocycles. The number of aldehydes is 1. The Morgan fingerprint density at radius 2 is 0.667 bits per heavy atom. The summed E-state index contributed by atoms with van der Waals surface area (Å²) in [7, 11) is 0. The van der Waals surface area contributed by atoms with Crippen molar-refractivity contribution in [2.45, 2.75) is 244 Å². The first-order valence-corrected chi connectivity index (χ1v) is 19.5. The van der Waals surface area contributed by atoms with E-state index < -0.39 is 11.7 Å². The molecule has 0 fully saturated rings. The Balaban J connectivity index is 3.52. The Labute approximate surface area is 264 Å². The molecule has 0 amide bonds. The number of aliphatic hydroxyl groups excluding tert-OH is 1. The first kappa shape index (κ1) is 41.6. The molecule has 42 heavy (non-hydrogen) atoms. The van der Waals surface area contributed by atoms with Crippen LogP contribution < -0.4 is 0 Å². The Morgan fingerprint density at radius 1 is 0.429 bits per heavy atom. The highest BCUT2D eigenvalue weighted by Crippen LogP contribution is 2.23. The van der Waals surface area contributed by atoms with Gasteiger partial charge in [0.25, 0.3) is 0 Å². The standard InChI is InChI=1S/C39H78O3/c1-3-5-7-9-11-13-15-17-19-21-23-25-27-29-31-33-35-38(41)39(42,37-40)36-34-32-30-28-26-24-22-20-18-16-14-12-10-8-6-4-2/h37-38,41-42H,3-36H2,1-2H3. The van der Waals surface area contributed by atoms with E-state index in [0.717, 1.165) is 25.7 Å². The second kappa shape index (κ2) is 33.5. The van der Waals surface area contributed by atoms with Gasteiger partial charge in [-0.2, -0.15) is 0 Å². The van der Waals surface area contributed by atoms with Crippen LogP contribution in [0.2, 0.25) is 0 Å². The van der Waals surface area contributed by atoms with Crippen molar-refractivity contribution in [2.24, 2.45) is 0 Å². The van der Waals surface area contributed by atoms with Crippen molar-refractivity contribution in [2.75, 3.05) is 0 Å². The van der Waals surface area contributed by atoms with Gasteiger partial charge in [0.1, 0.15) is 5.60 Å². The third kappa shape index (κ3) is 28.4. The van der Waals surface area contributed by atoms with Crippen LogP contribution in [0.4, 0.5) is 0 Å². The van der Waals surface area contributed by atoms with E-state index in [1.54, 1.807) is 0 Å². The predicted molar refractivity (Wildman–Crippen MR) is 185 cm³/mol. The van der Waals surface area contributed by atoms with E-state index in [1.807, 2.05) is 0 Å². The van der Waals surface area contributed by atoms with Crippen molar-refractivity contribution in [3.63, 3.8) is 0 Å². The average molecular weight is 595 g/mol. The number of hydrogen-bond acceptors (Lipinski definition) is 3. The fourth-order valence-electron chi connectivity index (χ4n) is 6.40. The maximum absolute atomic E-state index is 11.6. The average Bonchev–Trinajstić information content (AvgIpc) is 3.00. The fourth-order valence-corrected chi connectivity index (χ4v) is 6.40. The molecule has 0 aliphatic heterocycles. The van der Waals surface area contributed by atoms with E-state index in [1.165, 1.54) is 180 Å². The monoisotopic (exact) mass is 595 g/mol. The second-order valence-corrected chi connectivity index (χ2v) is 13.8. The first-order valence-electron chi connectivity index (χ1n) is 19.5. The van der Waals surface area contributed by atoms with Crippen molar-refractivity contribution >= 4 is 6.29 Å². The summed E-state index contributed by atoms with van der Waals surface area (Å²) in [5.41, 5.74) is -1.55. The number of aliphatic hydroxyl groups is 2. The molecule has 2 unspecified atom stereocenters. The third-order valence-electron chi connectivity index (χ3n) is 9.54. The Bertz CT molecular complexity index is 522. The minimum atomic E-state index is -1.55. The minimum Gasteiger partial charge on any atom is -0.390 e. The van der Waals surface area contributed by atoms with Crippen LogP contribution in [0.5, 0.6) is 0 Å². The van der Waals surface area contributed by atoms with Gasteiger partial charge in [-0.25, -0.2) is 0 Å². The molecule has 3 heteroatoms. The molecule has 0 spiro atoms. The molecule has 0 radical (unpaired) electrons. The molecule has 252 valence electrons. The lowest BCUT2D eigenvalue weighted by molar-refractivity contribution is -0.139. The highest BCUT2D eigenvalue weighted by atomic mass is 16.3. The zero-order chi connectivity index (χ0) is 30.8. The van der Waals surface area contributed by atoms with Crippen LogP contribution in [0.1, 0.15) is 232 Å². The molecule has 0 aliphatic carbocycles. The summed E-state index contributed by atoms with van der Waals surface area (Å²) in [5, 5.41) is 21.2. The topological polar surface area (TPSA) is 57.5 Å². The van der Waals surface area contributed by atoms with Gasteiger partial charge in [-0.3, -0.25) is 0 Å². The minimum absolute atomic E-state index is 0.398. The normalized spacial score (nSPS) is 13.8. The van der Waals surface area contributed by atoms with Crippen LogP contribution in [-0.4, -0.2) is 28.2 Å². The summed E-state index contributed by atoms with van der Waals surface area (Å²) < 4.78 is 0. The highest BCUT2D eigenvalue weighted by Gasteiger charge is 2.34. The lowest BCUT2D eigenvalue weighted by Crippen LogP contribution is -2.44. The van der Waals surface area contributed by atoms with Crippen LogP contribution in [0, 0.1) is 0 Å². The summed E-state index contributed by atoms with van der Waals surface area (Å²) >= 11 is 0. The van der Waals surface area contributed by atoms with Gasteiger partial charge in [0.15, 0.2) is 6.29 Å². The van der Waals surface area contributed by atoms with Gasteiger partial charge in [0.2, 0.25) is 0 Å². The molecule has 0 aromatic heterocycles. The van der Waals surface area contributed by atoms with Gasteiger partial charge < -0.3 is 15.0 Å². The zero-order valence-electron chi connectivity index (χ0n) is 29.0. The summed E-state index contributed by atoms with van der Waals surface area (Å²) in [6.07, 6.45) is 42.7. The molecule has 0 heterocycles. The molecule has 2 N–H and O–H groups in total. The van der Waals surface area contributed by atoms with E-state index in [2.05, 4.69) is 13.8 Å². The van der Waals surface area contributed by atoms with Crippen molar-refractivity contribution in [3.8, 4) is 0 Å². The van der Waals surface area contributed by atoms with E-state index in [0.29, 0.717) is 19.1 Å². The van der Waals surface area contributed by atoms with Gasteiger partial charge in [-0.1, -0.05) is 219 Å². The van der Waals surface area contributed by atoms with Crippen molar-refractivity contribution in [1.29, 1.82) is 0 Å². The zero-order valence-corrected chi connectivity index (χ0v) is 29.0. The lowest BCUT2D eigenvalue weighted by Gasteiger charge is -2.27. The van der Waals surface area contributed by atoms with Gasteiger partial charge in [-0.15, -0.1) is 0 Å². The molecule has 0 aromatic carbocycles. The quantitative estimate of drug-likeness (QED) is 0.0560. The van der Waals surface area contributed by atoms with E-state index in [9.17, 15) is 15.0 Å². The van der Waals surface area contributed by atoms with Crippen LogP contribution in [-0.2, 0) is 4.79 Å². The molecule has 2 atom stereocenters. The van der Waals surface area contributed by atoms with Crippen LogP contribution in [0.15, 0.2) is 0 Å². The SMILES string of the molecule is CCCCCCCCCCCCCCCCCCC(O)C(O)(C=O)CCCCCCCCCCCCCCCCCC. The van der Waals surface area contributed by atoms with E-state index >= 15 is 0 Å². The Morgan fingerprint density at radius 3 is 0.929 bits per heavy atom. The number of carbonyl (C=O) groups excluding carboxylic acids is 1. The molecule has 0 saturated heterocycles. The number of rotatable bonds is 36. The summed E-state index contributed by atoms with van der Waals surface area (Å²) in [6.45, 7) is 4.56. The van der Waals surface area contributed by atoms with Crippen LogP contribution >= 0.6 is 0 Å².